The Labute approximate surface area is 186 Å². The van der Waals surface area contributed by atoms with E-state index in [1.54, 1.807) is 28.4 Å². The van der Waals surface area contributed by atoms with Crippen LogP contribution in [0.25, 0.3) is 10.2 Å². The first-order valence-corrected chi connectivity index (χ1v) is 12.5. The molecule has 2 heterocycles. The van der Waals surface area contributed by atoms with Crippen LogP contribution in [0.1, 0.15) is 11.1 Å². The number of aryl methyl sites for hydroxylation is 2. The number of rotatable bonds is 5. The number of nitrogens with zero attached hydrogens (tertiary/aromatic N) is 3. The van der Waals surface area contributed by atoms with Gasteiger partial charge < -0.3 is 14.5 Å². The van der Waals surface area contributed by atoms with Gasteiger partial charge in [0.2, 0.25) is 5.91 Å². The maximum absolute atomic E-state index is 12.7. The molecule has 0 radical (unpaired) electrons. The topological polar surface area (TPSA) is 79.8 Å². The average Bonchev–Trinajstić information content (AvgIpc) is 3.23. The summed E-state index contributed by atoms with van der Waals surface area (Å²) in [4.78, 5) is 21.4. The van der Waals surface area contributed by atoms with E-state index in [1.165, 1.54) is 29.5 Å². The van der Waals surface area contributed by atoms with Crippen LogP contribution in [0.3, 0.4) is 0 Å². The van der Waals surface area contributed by atoms with Crippen molar-refractivity contribution >= 4 is 42.4 Å². The molecule has 4 rings (SSSR count). The number of aromatic nitrogens is 1. The molecule has 0 atom stereocenters. The first kappa shape index (κ1) is 21.6. The highest BCUT2D eigenvalue weighted by atomic mass is 32.2. The second kappa shape index (κ2) is 8.47. The number of carbonyl (C=O) groups is 1. The predicted octanol–water partition coefficient (Wildman–Crippen LogP) is 3.04. The third-order valence-electron chi connectivity index (χ3n) is 5.57. The number of sulfone groups is 1. The molecule has 1 aliphatic rings. The zero-order valence-electron chi connectivity index (χ0n) is 17.8. The summed E-state index contributed by atoms with van der Waals surface area (Å²) in [6.45, 7) is 6.36. The number of amides is 1. The molecule has 7 nitrogen and oxygen atoms in total. The first-order chi connectivity index (χ1) is 14.8. The number of hydrogen-bond donors (Lipinski definition) is 0. The van der Waals surface area contributed by atoms with Gasteiger partial charge in [-0.1, -0.05) is 23.5 Å². The number of benzene rings is 2. The standard InChI is InChI=1S/C22H25N3O4S2/c1-15-4-5-16(2)21-20(15)23-22(30-21)25-12-10-24(11-13-25)19(26)14-31(27,28)18-8-6-17(29-3)7-9-18/h4-9H,10-14H2,1-3H3. The zero-order valence-corrected chi connectivity index (χ0v) is 19.4. The molecule has 164 valence electrons. The smallest absolute Gasteiger partial charge is 0.238 e. The number of ether oxygens (including phenoxy) is 1. The number of carbonyl (C=O) groups excluding carboxylic acids is 1. The average molecular weight is 460 g/mol. The van der Waals surface area contributed by atoms with Gasteiger partial charge in [-0.15, -0.1) is 0 Å². The highest BCUT2D eigenvalue weighted by Crippen LogP contribution is 2.33. The van der Waals surface area contributed by atoms with Crippen LogP contribution in [0.4, 0.5) is 5.13 Å². The van der Waals surface area contributed by atoms with Crippen molar-refractivity contribution in [2.24, 2.45) is 0 Å². The number of hydrogen-bond acceptors (Lipinski definition) is 7. The summed E-state index contributed by atoms with van der Waals surface area (Å²) in [5, 5.41) is 0.949. The molecule has 0 unspecified atom stereocenters. The third-order valence-corrected chi connectivity index (χ3v) is 8.43. The molecule has 0 aliphatic carbocycles. The van der Waals surface area contributed by atoms with E-state index in [9.17, 15) is 13.2 Å². The van der Waals surface area contributed by atoms with E-state index in [0.717, 1.165) is 16.2 Å². The molecule has 0 bridgehead atoms. The van der Waals surface area contributed by atoms with Gasteiger partial charge in [-0.3, -0.25) is 4.79 Å². The molecule has 1 fully saturated rings. The minimum absolute atomic E-state index is 0.125. The number of piperazine rings is 1. The van der Waals surface area contributed by atoms with Crippen LogP contribution in [0.5, 0.6) is 5.75 Å². The Morgan fingerprint density at radius 3 is 2.29 bits per heavy atom. The molecule has 1 aliphatic heterocycles. The summed E-state index contributed by atoms with van der Waals surface area (Å²) in [6.07, 6.45) is 0. The van der Waals surface area contributed by atoms with Crippen molar-refractivity contribution in [3.63, 3.8) is 0 Å². The third kappa shape index (κ3) is 4.38. The fourth-order valence-corrected chi connectivity index (χ4v) is 6.04. The second-order valence-corrected chi connectivity index (χ2v) is 10.6. The van der Waals surface area contributed by atoms with Crippen molar-refractivity contribution in [2.75, 3.05) is 43.9 Å². The Balaban J connectivity index is 1.41. The SMILES string of the molecule is COc1ccc(S(=O)(=O)CC(=O)N2CCN(c3nc4c(C)ccc(C)c4s3)CC2)cc1. The lowest BCUT2D eigenvalue weighted by molar-refractivity contribution is -0.128. The Morgan fingerprint density at radius 1 is 1.03 bits per heavy atom. The van der Waals surface area contributed by atoms with Crippen LogP contribution >= 0.6 is 11.3 Å². The Kier molecular flexibility index (Phi) is 5.90. The fourth-order valence-electron chi connectivity index (χ4n) is 3.65. The van der Waals surface area contributed by atoms with Crippen LogP contribution in [-0.4, -0.2) is 63.3 Å². The molecule has 0 spiro atoms. The van der Waals surface area contributed by atoms with Crippen LogP contribution < -0.4 is 9.64 Å². The predicted molar refractivity (Wildman–Crippen MR) is 123 cm³/mol. The van der Waals surface area contributed by atoms with Crippen molar-refractivity contribution in [2.45, 2.75) is 18.7 Å². The molecule has 1 amide bonds. The molecule has 1 aromatic heterocycles. The maximum atomic E-state index is 12.7. The van der Waals surface area contributed by atoms with Gasteiger partial charge in [-0.05, 0) is 49.2 Å². The lowest BCUT2D eigenvalue weighted by Crippen LogP contribution is -2.50. The largest absolute Gasteiger partial charge is 0.497 e. The summed E-state index contributed by atoms with van der Waals surface area (Å²) < 4.78 is 31.5. The first-order valence-electron chi connectivity index (χ1n) is 10.0. The maximum Gasteiger partial charge on any atom is 0.238 e. The van der Waals surface area contributed by atoms with Crippen LogP contribution in [0, 0.1) is 13.8 Å². The minimum atomic E-state index is -3.70. The van der Waals surface area contributed by atoms with Crippen LogP contribution in [0.2, 0.25) is 0 Å². The molecule has 3 aromatic rings. The van der Waals surface area contributed by atoms with Crippen molar-refractivity contribution in [1.29, 1.82) is 0 Å². The highest BCUT2D eigenvalue weighted by molar-refractivity contribution is 7.92. The molecule has 31 heavy (non-hydrogen) atoms. The Hall–Kier alpha value is -2.65. The van der Waals surface area contributed by atoms with E-state index in [2.05, 4.69) is 30.9 Å². The molecule has 0 saturated carbocycles. The number of methoxy groups -OCH3 is 1. The fraction of sp³-hybridized carbons (Fsp3) is 0.364. The summed E-state index contributed by atoms with van der Waals surface area (Å²) in [6, 6.07) is 10.3. The van der Waals surface area contributed by atoms with Gasteiger partial charge >= 0.3 is 0 Å². The van der Waals surface area contributed by atoms with Crippen molar-refractivity contribution in [1.82, 2.24) is 9.88 Å². The Morgan fingerprint density at radius 2 is 1.68 bits per heavy atom. The van der Waals surface area contributed by atoms with Crippen molar-refractivity contribution in [3.8, 4) is 5.75 Å². The van der Waals surface area contributed by atoms with Crippen molar-refractivity contribution < 1.29 is 17.9 Å². The summed E-state index contributed by atoms with van der Waals surface area (Å²) in [5.74, 6) is -0.327. The van der Waals surface area contributed by atoms with E-state index >= 15 is 0 Å². The van der Waals surface area contributed by atoms with Gasteiger partial charge in [-0.2, -0.15) is 0 Å². The molecule has 0 N–H and O–H groups in total. The molecule has 9 heteroatoms. The van der Waals surface area contributed by atoms with E-state index in [1.807, 2.05) is 0 Å². The monoisotopic (exact) mass is 459 g/mol. The summed E-state index contributed by atoms with van der Waals surface area (Å²) in [7, 11) is -2.18. The van der Waals surface area contributed by atoms with E-state index in [-0.39, 0.29) is 10.8 Å². The molecular formula is C22H25N3O4S2. The quantitative estimate of drug-likeness (QED) is 0.584. The van der Waals surface area contributed by atoms with Gasteiger partial charge in [0.15, 0.2) is 15.0 Å². The molecule has 2 aromatic carbocycles. The summed E-state index contributed by atoms with van der Waals surface area (Å²) >= 11 is 1.67. The van der Waals surface area contributed by atoms with Gasteiger partial charge in [0.05, 0.1) is 22.2 Å². The van der Waals surface area contributed by atoms with Crippen molar-refractivity contribution in [3.05, 3.63) is 47.5 Å². The van der Waals surface area contributed by atoms with Crippen LogP contribution in [0.15, 0.2) is 41.3 Å². The number of anilines is 1. The second-order valence-electron chi connectivity index (χ2n) is 7.68. The zero-order chi connectivity index (χ0) is 22.2. The minimum Gasteiger partial charge on any atom is -0.497 e. The van der Waals surface area contributed by atoms with Gasteiger partial charge in [-0.25, -0.2) is 13.4 Å². The van der Waals surface area contributed by atoms with E-state index in [0.29, 0.717) is 31.9 Å². The summed E-state index contributed by atoms with van der Waals surface area (Å²) in [5.41, 5.74) is 3.40. The van der Waals surface area contributed by atoms with E-state index < -0.39 is 15.6 Å². The van der Waals surface area contributed by atoms with Gasteiger partial charge in [0, 0.05) is 26.2 Å². The number of fused-ring (bicyclic) bond motifs is 1. The normalized spacial score (nSPS) is 14.8. The van der Waals surface area contributed by atoms with Gasteiger partial charge in [0.1, 0.15) is 11.5 Å². The molecule has 1 saturated heterocycles. The highest BCUT2D eigenvalue weighted by Gasteiger charge is 2.27. The Bertz CT molecular complexity index is 1170. The lowest BCUT2D eigenvalue weighted by atomic mass is 10.1. The molecular weight excluding hydrogens is 434 g/mol. The van der Waals surface area contributed by atoms with Gasteiger partial charge in [0.25, 0.3) is 0 Å². The number of thiazole rings is 1. The lowest BCUT2D eigenvalue weighted by Gasteiger charge is -2.34. The van der Waals surface area contributed by atoms with E-state index in [4.69, 9.17) is 9.72 Å². The van der Waals surface area contributed by atoms with Crippen LogP contribution in [-0.2, 0) is 14.6 Å².